The van der Waals surface area contributed by atoms with Crippen LogP contribution >= 0.6 is 0 Å². The van der Waals surface area contributed by atoms with Crippen molar-refractivity contribution in [1.82, 2.24) is 20.9 Å². The van der Waals surface area contributed by atoms with Gasteiger partial charge in [-0.3, -0.25) is 19.2 Å². The van der Waals surface area contributed by atoms with Crippen LogP contribution in [0, 0.1) is 5.92 Å². The van der Waals surface area contributed by atoms with E-state index in [1.165, 1.54) is 0 Å². The first-order valence-electron chi connectivity index (χ1n) is 14.1. The quantitative estimate of drug-likeness (QED) is 0.130. The number of amides is 3. The molecule has 1 aromatic heterocycles. The molecule has 0 fully saturated rings. The van der Waals surface area contributed by atoms with E-state index in [2.05, 4.69) is 20.9 Å². The molecular formula is C31H39N5O7. The van der Waals surface area contributed by atoms with Gasteiger partial charge in [-0.05, 0) is 42.4 Å². The van der Waals surface area contributed by atoms with Crippen LogP contribution in [0.1, 0.15) is 44.2 Å². The second-order valence-electron chi connectivity index (χ2n) is 10.9. The molecule has 3 amide bonds. The summed E-state index contributed by atoms with van der Waals surface area (Å²) in [6, 6.07) is 12.1. The molecule has 43 heavy (non-hydrogen) atoms. The lowest BCUT2D eigenvalue weighted by Gasteiger charge is -2.26. The summed E-state index contributed by atoms with van der Waals surface area (Å²) in [5.41, 5.74) is 8.66. The molecule has 0 radical (unpaired) electrons. The number of carbonyl (C=O) groups is 5. The number of fused-ring (bicyclic) bond motifs is 1. The molecule has 3 rings (SSSR count). The van der Waals surface area contributed by atoms with Gasteiger partial charge in [-0.15, -0.1) is 0 Å². The van der Waals surface area contributed by atoms with E-state index in [1.807, 2.05) is 68.4 Å². The number of carbonyl (C=O) groups excluding carboxylic acids is 3. The molecular weight excluding hydrogens is 554 g/mol. The predicted molar refractivity (Wildman–Crippen MR) is 160 cm³/mol. The molecule has 2 aromatic carbocycles. The topological polar surface area (TPSA) is 204 Å². The fourth-order valence-corrected chi connectivity index (χ4v) is 4.74. The highest BCUT2D eigenvalue weighted by atomic mass is 16.4. The van der Waals surface area contributed by atoms with Crippen molar-refractivity contribution in [2.75, 3.05) is 0 Å². The molecule has 4 unspecified atom stereocenters. The van der Waals surface area contributed by atoms with Gasteiger partial charge in [-0.1, -0.05) is 62.4 Å². The van der Waals surface area contributed by atoms with Gasteiger partial charge >= 0.3 is 11.9 Å². The van der Waals surface area contributed by atoms with Gasteiger partial charge in [0, 0.05) is 29.9 Å². The molecule has 0 aliphatic carbocycles. The second-order valence-corrected chi connectivity index (χ2v) is 10.9. The number of aromatic nitrogens is 1. The van der Waals surface area contributed by atoms with Crippen LogP contribution in [-0.4, -0.2) is 69.0 Å². The standard InChI is InChI=1S/C31H39N5O7/c1-18(2)14-25(29(40)34-24(31(42)43)12-13-27(37)38)36-30(41)26(16-20-17-33-23-11-7-6-10-21(20)23)35-28(39)22(32)15-19-8-4-3-5-9-19/h3-11,17-18,22,24-26,33H,12-16,32H2,1-2H3,(H,34,40)(H,35,39)(H,36,41)(H,37,38)(H,42,43). The summed E-state index contributed by atoms with van der Waals surface area (Å²) in [6.07, 6.45) is 1.48. The highest BCUT2D eigenvalue weighted by molar-refractivity contribution is 5.95. The number of hydrogen-bond donors (Lipinski definition) is 7. The van der Waals surface area contributed by atoms with Crippen LogP contribution in [0.3, 0.4) is 0 Å². The van der Waals surface area contributed by atoms with Crippen LogP contribution in [0.4, 0.5) is 0 Å². The average molecular weight is 594 g/mol. The fraction of sp³-hybridized carbons (Fsp3) is 0.387. The molecule has 4 atom stereocenters. The molecule has 1 heterocycles. The van der Waals surface area contributed by atoms with E-state index < -0.39 is 60.2 Å². The highest BCUT2D eigenvalue weighted by Gasteiger charge is 2.31. The Bertz CT molecular complexity index is 1420. The zero-order valence-corrected chi connectivity index (χ0v) is 24.2. The van der Waals surface area contributed by atoms with E-state index in [4.69, 9.17) is 10.8 Å². The number of rotatable bonds is 16. The Morgan fingerprint density at radius 3 is 2.05 bits per heavy atom. The van der Waals surface area contributed by atoms with Gasteiger partial charge in [0.05, 0.1) is 6.04 Å². The van der Waals surface area contributed by atoms with Gasteiger partial charge in [0.25, 0.3) is 0 Å². The zero-order chi connectivity index (χ0) is 31.5. The van der Waals surface area contributed by atoms with Crippen LogP contribution in [0.25, 0.3) is 10.9 Å². The van der Waals surface area contributed by atoms with Crippen molar-refractivity contribution < 1.29 is 34.2 Å². The summed E-state index contributed by atoms with van der Waals surface area (Å²) in [4.78, 5) is 65.8. The first-order valence-corrected chi connectivity index (χ1v) is 14.1. The van der Waals surface area contributed by atoms with E-state index in [0.29, 0.717) is 0 Å². The summed E-state index contributed by atoms with van der Waals surface area (Å²) in [5, 5.41) is 27.1. The number of H-pyrrole nitrogens is 1. The van der Waals surface area contributed by atoms with Gasteiger partial charge in [0.2, 0.25) is 17.7 Å². The lowest BCUT2D eigenvalue weighted by atomic mass is 9.99. The summed E-state index contributed by atoms with van der Waals surface area (Å²) in [6.45, 7) is 3.67. The first-order chi connectivity index (χ1) is 20.4. The second kappa shape index (κ2) is 15.5. The third kappa shape index (κ3) is 9.96. The number of para-hydroxylation sites is 1. The molecule has 0 aliphatic heterocycles. The third-order valence-electron chi connectivity index (χ3n) is 6.97. The Hall–Kier alpha value is -4.71. The first kappa shape index (κ1) is 32.8. The van der Waals surface area contributed by atoms with Crippen LogP contribution in [-0.2, 0) is 36.8 Å². The van der Waals surface area contributed by atoms with Crippen LogP contribution in [0.5, 0.6) is 0 Å². The van der Waals surface area contributed by atoms with E-state index in [0.717, 1.165) is 22.0 Å². The molecule has 3 aromatic rings. The Kier molecular flexibility index (Phi) is 11.8. The summed E-state index contributed by atoms with van der Waals surface area (Å²) in [7, 11) is 0. The minimum atomic E-state index is -1.45. The van der Waals surface area contributed by atoms with Crippen molar-refractivity contribution in [1.29, 1.82) is 0 Å². The zero-order valence-electron chi connectivity index (χ0n) is 24.2. The maximum Gasteiger partial charge on any atom is 0.326 e. The number of benzene rings is 2. The van der Waals surface area contributed by atoms with E-state index in [9.17, 15) is 29.1 Å². The van der Waals surface area contributed by atoms with E-state index in [1.54, 1.807) is 6.20 Å². The molecule has 0 saturated heterocycles. The van der Waals surface area contributed by atoms with Gasteiger partial charge in [-0.2, -0.15) is 0 Å². The van der Waals surface area contributed by atoms with Gasteiger partial charge in [-0.25, -0.2) is 4.79 Å². The van der Waals surface area contributed by atoms with Gasteiger partial charge in [0.1, 0.15) is 18.1 Å². The number of hydrogen-bond acceptors (Lipinski definition) is 6. The molecule has 0 saturated carbocycles. The van der Waals surface area contributed by atoms with Crippen molar-refractivity contribution in [3.8, 4) is 0 Å². The molecule has 0 spiro atoms. The summed E-state index contributed by atoms with van der Waals surface area (Å²) >= 11 is 0. The van der Waals surface area contributed by atoms with Gasteiger partial charge in [0.15, 0.2) is 0 Å². The number of aromatic amines is 1. The summed E-state index contributed by atoms with van der Waals surface area (Å²) in [5.74, 6) is -4.62. The Morgan fingerprint density at radius 2 is 1.40 bits per heavy atom. The van der Waals surface area contributed by atoms with Crippen LogP contribution in [0.2, 0.25) is 0 Å². The summed E-state index contributed by atoms with van der Waals surface area (Å²) < 4.78 is 0. The highest BCUT2D eigenvalue weighted by Crippen LogP contribution is 2.19. The largest absolute Gasteiger partial charge is 0.481 e. The smallest absolute Gasteiger partial charge is 0.326 e. The van der Waals surface area contributed by atoms with Crippen molar-refractivity contribution in [3.63, 3.8) is 0 Å². The van der Waals surface area contributed by atoms with Crippen molar-refractivity contribution in [3.05, 3.63) is 71.9 Å². The van der Waals surface area contributed by atoms with Gasteiger partial charge < -0.3 is 36.9 Å². The Balaban J connectivity index is 1.82. The van der Waals surface area contributed by atoms with Crippen molar-refractivity contribution in [2.45, 2.75) is 70.1 Å². The lowest BCUT2D eigenvalue weighted by molar-refractivity contribution is -0.143. The Morgan fingerprint density at radius 1 is 0.791 bits per heavy atom. The number of carboxylic acid groups (broad SMARTS) is 2. The number of carboxylic acids is 2. The van der Waals surface area contributed by atoms with Crippen LogP contribution in [0.15, 0.2) is 60.8 Å². The number of aliphatic carboxylic acids is 2. The van der Waals surface area contributed by atoms with Crippen molar-refractivity contribution in [2.24, 2.45) is 11.7 Å². The molecule has 12 nitrogen and oxygen atoms in total. The molecule has 0 aliphatic rings. The molecule has 230 valence electrons. The molecule has 12 heteroatoms. The fourth-order valence-electron chi connectivity index (χ4n) is 4.74. The normalized spacial score (nSPS) is 14.0. The maximum atomic E-state index is 13.7. The minimum absolute atomic E-state index is 0.0701. The van der Waals surface area contributed by atoms with E-state index >= 15 is 0 Å². The molecule has 0 bridgehead atoms. The SMILES string of the molecule is CC(C)CC(NC(=O)C(Cc1c[nH]c2ccccc12)NC(=O)C(N)Cc1ccccc1)C(=O)NC(CCC(=O)O)C(=O)O. The van der Waals surface area contributed by atoms with E-state index in [-0.39, 0.29) is 31.6 Å². The van der Waals surface area contributed by atoms with Crippen molar-refractivity contribution >= 4 is 40.6 Å². The van der Waals surface area contributed by atoms with Crippen LogP contribution < -0.4 is 21.7 Å². The number of nitrogens with one attached hydrogen (secondary N) is 4. The Labute approximate surface area is 249 Å². The monoisotopic (exact) mass is 593 g/mol. The average Bonchev–Trinajstić information content (AvgIpc) is 3.37. The minimum Gasteiger partial charge on any atom is -0.481 e. The predicted octanol–water partition coefficient (Wildman–Crippen LogP) is 1.73. The third-order valence-corrected chi connectivity index (χ3v) is 6.97. The molecule has 8 N–H and O–H groups in total. The lowest BCUT2D eigenvalue weighted by Crippen LogP contribution is -2.58. The number of nitrogens with two attached hydrogens (primary N) is 1. The maximum absolute atomic E-state index is 13.7.